The number of hydrogen-bond acceptors (Lipinski definition) is 1. The van der Waals surface area contributed by atoms with Crippen molar-refractivity contribution >= 4 is 0 Å². The quantitative estimate of drug-likeness (QED) is 0.737. The molecule has 1 aromatic rings. The fourth-order valence-corrected chi connectivity index (χ4v) is 2.24. The highest BCUT2D eigenvalue weighted by atomic mass is 16.3. The minimum atomic E-state index is 0.644. The molecule has 2 nitrogen and oxygen atoms in total. The molecule has 1 aromatic heterocycles. The third-order valence-electron chi connectivity index (χ3n) is 3.08. The molecule has 0 aromatic carbocycles. The Kier molecular flexibility index (Phi) is 2.40. The van der Waals surface area contributed by atoms with Gasteiger partial charge in [-0.15, -0.1) is 0 Å². The molecule has 3 N–H and O–H groups in total. The Balaban J connectivity index is 1.97. The SMILES string of the molecule is Cc1ccc(C[C@@H]2CCC[C@@H]2[NH3+])o1. The largest absolute Gasteiger partial charge is 0.466 e. The van der Waals surface area contributed by atoms with Crippen molar-refractivity contribution in [1.82, 2.24) is 0 Å². The van der Waals surface area contributed by atoms with Crippen LogP contribution in [0.1, 0.15) is 30.8 Å². The first-order valence-corrected chi connectivity index (χ1v) is 5.14. The van der Waals surface area contributed by atoms with Gasteiger partial charge in [0.1, 0.15) is 11.5 Å². The van der Waals surface area contributed by atoms with Crippen LogP contribution in [0, 0.1) is 12.8 Å². The average molecular weight is 180 g/mol. The lowest BCUT2D eigenvalue weighted by Crippen LogP contribution is -2.62. The van der Waals surface area contributed by atoms with E-state index in [0.29, 0.717) is 6.04 Å². The van der Waals surface area contributed by atoms with Crippen molar-refractivity contribution in [1.29, 1.82) is 0 Å². The van der Waals surface area contributed by atoms with Gasteiger partial charge in [0.2, 0.25) is 0 Å². The molecule has 1 saturated carbocycles. The van der Waals surface area contributed by atoms with Crippen LogP contribution in [0.3, 0.4) is 0 Å². The van der Waals surface area contributed by atoms with Crippen molar-refractivity contribution in [3.05, 3.63) is 23.7 Å². The standard InChI is InChI=1S/C11H17NO/c1-8-5-6-10(13-8)7-9-3-2-4-11(9)12/h5-6,9,11H,2-4,7,12H2,1H3/p+1/t9-,11-/m0/s1. The van der Waals surface area contributed by atoms with E-state index in [-0.39, 0.29) is 0 Å². The summed E-state index contributed by atoms with van der Waals surface area (Å²) in [6.45, 7) is 2.00. The molecule has 0 saturated heterocycles. The van der Waals surface area contributed by atoms with Gasteiger partial charge >= 0.3 is 0 Å². The van der Waals surface area contributed by atoms with Crippen LogP contribution in [0.5, 0.6) is 0 Å². The molecule has 0 bridgehead atoms. The van der Waals surface area contributed by atoms with E-state index in [4.69, 9.17) is 4.42 Å². The minimum Gasteiger partial charge on any atom is -0.466 e. The number of rotatable bonds is 2. The van der Waals surface area contributed by atoms with Gasteiger partial charge < -0.3 is 10.2 Å². The monoisotopic (exact) mass is 180 g/mol. The van der Waals surface area contributed by atoms with E-state index in [1.54, 1.807) is 0 Å². The molecule has 0 radical (unpaired) electrons. The van der Waals surface area contributed by atoms with E-state index >= 15 is 0 Å². The topological polar surface area (TPSA) is 40.8 Å². The Morgan fingerprint density at radius 1 is 1.46 bits per heavy atom. The summed E-state index contributed by atoms with van der Waals surface area (Å²) in [7, 11) is 0. The first-order chi connectivity index (χ1) is 6.25. The lowest BCUT2D eigenvalue weighted by Gasteiger charge is -2.09. The van der Waals surface area contributed by atoms with E-state index < -0.39 is 0 Å². The fraction of sp³-hybridized carbons (Fsp3) is 0.636. The number of hydrogen-bond donors (Lipinski definition) is 1. The molecule has 0 spiro atoms. The highest BCUT2D eigenvalue weighted by molar-refractivity contribution is 5.06. The second-order valence-electron chi connectivity index (χ2n) is 4.17. The van der Waals surface area contributed by atoms with Crippen molar-refractivity contribution in [3.63, 3.8) is 0 Å². The van der Waals surface area contributed by atoms with Gasteiger partial charge in [-0.05, 0) is 38.3 Å². The Hall–Kier alpha value is -0.760. The smallest absolute Gasteiger partial charge is 0.104 e. The van der Waals surface area contributed by atoms with Crippen molar-refractivity contribution in [2.75, 3.05) is 0 Å². The summed E-state index contributed by atoms with van der Waals surface area (Å²) < 4.78 is 5.57. The predicted molar refractivity (Wildman–Crippen MR) is 51.2 cm³/mol. The Labute approximate surface area is 79.1 Å². The summed E-state index contributed by atoms with van der Waals surface area (Å²) in [6.07, 6.45) is 5.05. The van der Waals surface area contributed by atoms with Crippen molar-refractivity contribution in [2.45, 2.75) is 38.6 Å². The van der Waals surface area contributed by atoms with Crippen LogP contribution in [-0.2, 0) is 6.42 Å². The van der Waals surface area contributed by atoms with E-state index in [0.717, 1.165) is 23.9 Å². The van der Waals surface area contributed by atoms with Gasteiger partial charge in [0.25, 0.3) is 0 Å². The van der Waals surface area contributed by atoms with Crippen LogP contribution >= 0.6 is 0 Å². The molecule has 0 aliphatic heterocycles. The molecule has 2 heteroatoms. The third kappa shape index (κ3) is 1.94. The molecule has 0 amide bonds. The zero-order valence-electron chi connectivity index (χ0n) is 8.25. The van der Waals surface area contributed by atoms with Crippen molar-refractivity contribution < 1.29 is 10.2 Å². The van der Waals surface area contributed by atoms with Gasteiger partial charge in [0.15, 0.2) is 0 Å². The highest BCUT2D eigenvalue weighted by Gasteiger charge is 2.27. The van der Waals surface area contributed by atoms with Crippen LogP contribution in [-0.4, -0.2) is 6.04 Å². The lowest BCUT2D eigenvalue weighted by molar-refractivity contribution is -0.428. The van der Waals surface area contributed by atoms with Gasteiger partial charge in [-0.2, -0.15) is 0 Å². The van der Waals surface area contributed by atoms with Crippen molar-refractivity contribution in [2.24, 2.45) is 5.92 Å². The summed E-state index contributed by atoms with van der Waals surface area (Å²) in [6, 6.07) is 4.79. The Bertz CT molecular complexity index is 279. The Morgan fingerprint density at radius 3 is 2.85 bits per heavy atom. The van der Waals surface area contributed by atoms with Crippen molar-refractivity contribution in [3.8, 4) is 0 Å². The third-order valence-corrected chi connectivity index (χ3v) is 3.08. The molecule has 1 aliphatic rings. The summed E-state index contributed by atoms with van der Waals surface area (Å²) in [5, 5.41) is 0. The first kappa shape index (κ1) is 8.82. The minimum absolute atomic E-state index is 0.644. The van der Waals surface area contributed by atoms with E-state index in [2.05, 4.69) is 11.8 Å². The average Bonchev–Trinajstić information content (AvgIpc) is 2.64. The van der Waals surface area contributed by atoms with Gasteiger partial charge in [-0.25, -0.2) is 0 Å². The maximum Gasteiger partial charge on any atom is 0.104 e. The summed E-state index contributed by atoms with van der Waals surface area (Å²) >= 11 is 0. The van der Waals surface area contributed by atoms with Gasteiger partial charge in [-0.3, -0.25) is 0 Å². The fourth-order valence-electron chi connectivity index (χ4n) is 2.24. The van der Waals surface area contributed by atoms with Crippen LogP contribution in [0.4, 0.5) is 0 Å². The van der Waals surface area contributed by atoms with E-state index in [9.17, 15) is 0 Å². The maximum atomic E-state index is 5.57. The van der Waals surface area contributed by atoms with Gasteiger partial charge in [0.05, 0.1) is 6.04 Å². The van der Waals surface area contributed by atoms with Crippen LogP contribution in [0.25, 0.3) is 0 Å². The molecule has 1 heterocycles. The van der Waals surface area contributed by atoms with Crippen LogP contribution in [0.2, 0.25) is 0 Å². The molecule has 72 valence electrons. The molecular formula is C11H18NO+. The molecule has 2 atom stereocenters. The first-order valence-electron chi connectivity index (χ1n) is 5.14. The van der Waals surface area contributed by atoms with Gasteiger partial charge in [-0.1, -0.05) is 0 Å². The number of aryl methyl sites for hydroxylation is 1. The second-order valence-corrected chi connectivity index (χ2v) is 4.17. The molecule has 2 rings (SSSR count). The summed E-state index contributed by atoms with van der Waals surface area (Å²) in [4.78, 5) is 0. The molecule has 1 aliphatic carbocycles. The lowest BCUT2D eigenvalue weighted by atomic mass is 9.99. The second kappa shape index (κ2) is 3.54. The molecular weight excluding hydrogens is 162 g/mol. The number of quaternary nitrogens is 1. The summed E-state index contributed by atoms with van der Waals surface area (Å²) in [5.74, 6) is 2.91. The summed E-state index contributed by atoms with van der Waals surface area (Å²) in [5.41, 5.74) is 4.18. The van der Waals surface area contributed by atoms with Crippen LogP contribution in [0.15, 0.2) is 16.5 Å². The molecule has 13 heavy (non-hydrogen) atoms. The van der Waals surface area contributed by atoms with E-state index in [1.807, 2.05) is 13.0 Å². The normalized spacial score (nSPS) is 28.2. The molecule has 0 unspecified atom stereocenters. The zero-order valence-corrected chi connectivity index (χ0v) is 8.25. The zero-order chi connectivity index (χ0) is 9.26. The van der Waals surface area contributed by atoms with E-state index in [1.165, 1.54) is 19.3 Å². The van der Waals surface area contributed by atoms with Gasteiger partial charge in [0, 0.05) is 12.3 Å². The Morgan fingerprint density at radius 2 is 2.31 bits per heavy atom. The molecule has 1 fully saturated rings. The number of furan rings is 1. The maximum absolute atomic E-state index is 5.57. The van der Waals surface area contributed by atoms with Crippen LogP contribution < -0.4 is 5.73 Å². The highest BCUT2D eigenvalue weighted by Crippen LogP contribution is 2.26. The predicted octanol–water partition coefficient (Wildman–Crippen LogP) is 1.54.